The number of amides is 1. The first-order valence-corrected chi connectivity index (χ1v) is 9.42. The summed E-state index contributed by atoms with van der Waals surface area (Å²) in [6.45, 7) is 0. The number of pyridine rings is 1. The summed E-state index contributed by atoms with van der Waals surface area (Å²) in [5.74, 6) is -0.466. The van der Waals surface area contributed by atoms with E-state index in [2.05, 4.69) is 10.3 Å². The average Bonchev–Trinajstić information content (AvgIpc) is 2.67. The van der Waals surface area contributed by atoms with Gasteiger partial charge in [0.1, 0.15) is 16.7 Å². The maximum absolute atomic E-state index is 12.3. The molecule has 138 valence electrons. The largest absolute Gasteiger partial charge is 0.379 e. The third kappa shape index (κ3) is 4.62. The van der Waals surface area contributed by atoms with Crippen LogP contribution >= 0.6 is 0 Å². The maximum Gasteiger partial charge on any atom is 0.339 e. The Bertz CT molecular complexity index is 1030. The molecule has 0 radical (unpaired) electrons. The maximum atomic E-state index is 12.3. The van der Waals surface area contributed by atoms with E-state index in [0.717, 1.165) is 0 Å². The number of carbonyl (C=O) groups excluding carboxylic acids is 1. The van der Waals surface area contributed by atoms with Gasteiger partial charge in [0.15, 0.2) is 0 Å². The highest BCUT2D eigenvalue weighted by Gasteiger charge is 2.19. The van der Waals surface area contributed by atoms with E-state index in [9.17, 15) is 13.2 Å². The third-order valence-corrected chi connectivity index (χ3v) is 4.97. The molecule has 0 bridgehead atoms. The van der Waals surface area contributed by atoms with Gasteiger partial charge < -0.3 is 15.2 Å². The lowest BCUT2D eigenvalue weighted by molar-refractivity contribution is -0.118. The van der Waals surface area contributed by atoms with Gasteiger partial charge in [-0.3, -0.25) is 9.78 Å². The molecule has 7 nitrogen and oxygen atoms in total. The van der Waals surface area contributed by atoms with Gasteiger partial charge in [0.2, 0.25) is 5.91 Å². The Morgan fingerprint density at radius 3 is 2.37 bits per heavy atom. The number of benzene rings is 2. The average molecular weight is 383 g/mol. The highest BCUT2D eigenvalue weighted by Crippen LogP contribution is 2.25. The predicted octanol–water partition coefficient (Wildman–Crippen LogP) is 2.49. The molecule has 3 rings (SSSR count). The number of carbonyl (C=O) groups is 1. The van der Waals surface area contributed by atoms with Crippen molar-refractivity contribution in [2.45, 2.75) is 10.9 Å². The molecule has 1 unspecified atom stereocenters. The first-order valence-electron chi connectivity index (χ1n) is 8.01. The van der Waals surface area contributed by atoms with Crippen molar-refractivity contribution in [3.05, 3.63) is 84.7 Å². The van der Waals surface area contributed by atoms with E-state index in [4.69, 9.17) is 9.92 Å². The molecule has 1 amide bonds. The fourth-order valence-electron chi connectivity index (χ4n) is 2.44. The van der Waals surface area contributed by atoms with E-state index < -0.39 is 22.1 Å². The molecule has 0 saturated carbocycles. The SMILES string of the molecule is NC(=O)C(Nc1cccc(OS(=O)(=O)c2ccccc2)c1)c1ccncc1. The van der Waals surface area contributed by atoms with E-state index in [1.807, 2.05) is 0 Å². The van der Waals surface area contributed by atoms with Gasteiger partial charge in [-0.1, -0.05) is 24.3 Å². The van der Waals surface area contributed by atoms with E-state index >= 15 is 0 Å². The van der Waals surface area contributed by atoms with Gasteiger partial charge in [0, 0.05) is 24.1 Å². The van der Waals surface area contributed by atoms with E-state index in [0.29, 0.717) is 11.3 Å². The standard InChI is InChI=1S/C19H17N3O4S/c20-19(23)18(14-9-11-21-12-10-14)22-15-5-4-6-16(13-15)26-27(24,25)17-7-2-1-3-8-17/h1-13,18,22H,(H2,20,23). The van der Waals surface area contributed by atoms with Crippen molar-refractivity contribution in [2.75, 3.05) is 5.32 Å². The summed E-state index contributed by atoms with van der Waals surface area (Å²) < 4.78 is 29.9. The lowest BCUT2D eigenvalue weighted by Crippen LogP contribution is -2.27. The van der Waals surface area contributed by atoms with Crippen LogP contribution in [0.2, 0.25) is 0 Å². The number of nitrogens with one attached hydrogen (secondary N) is 1. The van der Waals surface area contributed by atoms with Gasteiger partial charge in [-0.05, 0) is 42.0 Å². The molecule has 0 aliphatic heterocycles. The molecule has 3 aromatic rings. The molecule has 1 heterocycles. The molecule has 0 spiro atoms. The van der Waals surface area contributed by atoms with Crippen LogP contribution in [0, 0.1) is 0 Å². The normalized spacial score (nSPS) is 12.1. The fourth-order valence-corrected chi connectivity index (χ4v) is 3.38. The number of nitrogens with two attached hydrogens (primary N) is 1. The Kier molecular flexibility index (Phi) is 5.37. The smallest absolute Gasteiger partial charge is 0.339 e. The van der Waals surface area contributed by atoms with Crippen molar-refractivity contribution in [1.29, 1.82) is 0 Å². The molecule has 1 aromatic heterocycles. The lowest BCUT2D eigenvalue weighted by atomic mass is 10.1. The second-order valence-electron chi connectivity index (χ2n) is 5.64. The van der Waals surface area contributed by atoms with Crippen LogP contribution in [0.1, 0.15) is 11.6 Å². The van der Waals surface area contributed by atoms with Crippen molar-refractivity contribution in [2.24, 2.45) is 5.73 Å². The van der Waals surface area contributed by atoms with Gasteiger partial charge in [-0.2, -0.15) is 8.42 Å². The number of anilines is 1. The van der Waals surface area contributed by atoms with Crippen molar-refractivity contribution in [3.63, 3.8) is 0 Å². The highest BCUT2D eigenvalue weighted by atomic mass is 32.2. The minimum absolute atomic E-state index is 0.0511. The summed E-state index contributed by atoms with van der Waals surface area (Å²) in [4.78, 5) is 15.8. The molecular weight excluding hydrogens is 366 g/mol. The van der Waals surface area contributed by atoms with Crippen molar-refractivity contribution < 1.29 is 17.4 Å². The van der Waals surface area contributed by atoms with Gasteiger partial charge in [-0.15, -0.1) is 0 Å². The number of aromatic nitrogens is 1. The molecular formula is C19H17N3O4S. The van der Waals surface area contributed by atoms with Crippen molar-refractivity contribution in [1.82, 2.24) is 4.98 Å². The summed E-state index contributed by atoms with van der Waals surface area (Å²) in [6, 6.07) is 16.7. The third-order valence-electron chi connectivity index (χ3n) is 3.71. The summed E-state index contributed by atoms with van der Waals surface area (Å²) in [6.07, 6.45) is 3.11. The summed E-state index contributed by atoms with van der Waals surface area (Å²) in [7, 11) is -3.95. The predicted molar refractivity (Wildman–Crippen MR) is 100 cm³/mol. The van der Waals surface area contributed by atoms with Gasteiger partial charge in [-0.25, -0.2) is 0 Å². The van der Waals surface area contributed by atoms with E-state index in [1.54, 1.807) is 54.9 Å². The topological polar surface area (TPSA) is 111 Å². The minimum atomic E-state index is -3.95. The highest BCUT2D eigenvalue weighted by molar-refractivity contribution is 7.87. The molecule has 1 atom stereocenters. The first-order chi connectivity index (χ1) is 13.0. The van der Waals surface area contributed by atoms with Crippen LogP contribution in [-0.4, -0.2) is 19.3 Å². The monoisotopic (exact) mass is 383 g/mol. The Hall–Kier alpha value is -3.39. The van der Waals surface area contributed by atoms with Crippen LogP contribution in [0.4, 0.5) is 5.69 Å². The Balaban J connectivity index is 1.82. The van der Waals surface area contributed by atoms with E-state index in [-0.39, 0.29) is 10.6 Å². The molecule has 3 N–H and O–H groups in total. The summed E-state index contributed by atoms with van der Waals surface area (Å²) in [5, 5.41) is 2.98. The molecule has 0 aliphatic carbocycles. The Morgan fingerprint density at radius 2 is 1.70 bits per heavy atom. The minimum Gasteiger partial charge on any atom is -0.379 e. The number of primary amides is 1. The van der Waals surface area contributed by atoms with Crippen LogP contribution in [0.5, 0.6) is 5.75 Å². The zero-order valence-electron chi connectivity index (χ0n) is 14.1. The number of rotatable bonds is 7. The van der Waals surface area contributed by atoms with Crippen LogP contribution in [0.3, 0.4) is 0 Å². The van der Waals surface area contributed by atoms with Gasteiger partial charge >= 0.3 is 10.1 Å². The fraction of sp³-hybridized carbons (Fsp3) is 0.0526. The van der Waals surface area contributed by atoms with Crippen LogP contribution in [0.25, 0.3) is 0 Å². The van der Waals surface area contributed by atoms with Crippen molar-refractivity contribution >= 4 is 21.7 Å². The van der Waals surface area contributed by atoms with Crippen LogP contribution in [-0.2, 0) is 14.9 Å². The van der Waals surface area contributed by atoms with Gasteiger partial charge in [0.25, 0.3) is 0 Å². The zero-order chi connectivity index (χ0) is 19.3. The Morgan fingerprint density at radius 1 is 1.00 bits per heavy atom. The summed E-state index contributed by atoms with van der Waals surface area (Å²) in [5.41, 5.74) is 6.61. The van der Waals surface area contributed by atoms with E-state index in [1.165, 1.54) is 24.3 Å². The van der Waals surface area contributed by atoms with Crippen molar-refractivity contribution in [3.8, 4) is 5.75 Å². The molecule has 8 heteroatoms. The second-order valence-corrected chi connectivity index (χ2v) is 7.18. The molecule has 0 fully saturated rings. The van der Waals surface area contributed by atoms with Crippen LogP contribution in [0.15, 0.2) is 84.0 Å². The molecule has 2 aromatic carbocycles. The Labute approximate surface area is 156 Å². The second kappa shape index (κ2) is 7.88. The van der Waals surface area contributed by atoms with Gasteiger partial charge in [0.05, 0.1) is 0 Å². The molecule has 27 heavy (non-hydrogen) atoms. The molecule has 0 saturated heterocycles. The lowest BCUT2D eigenvalue weighted by Gasteiger charge is -2.17. The number of hydrogen-bond donors (Lipinski definition) is 2. The summed E-state index contributed by atoms with van der Waals surface area (Å²) >= 11 is 0. The number of hydrogen-bond acceptors (Lipinski definition) is 6. The quantitative estimate of drug-likeness (QED) is 0.606. The zero-order valence-corrected chi connectivity index (χ0v) is 15.0. The first kappa shape index (κ1) is 18.4. The number of nitrogens with zero attached hydrogens (tertiary/aromatic N) is 1. The van der Waals surface area contributed by atoms with Crippen LogP contribution < -0.4 is 15.2 Å². The molecule has 0 aliphatic rings.